The zero-order chi connectivity index (χ0) is 27.0. The lowest BCUT2D eigenvalue weighted by atomic mass is 10.1. The van der Waals surface area contributed by atoms with Crippen molar-refractivity contribution >= 4 is 34.5 Å². The number of nitrogen functional groups attached to an aromatic ring is 1. The SMILES string of the molecule is Nc1cccc(CN2CCC(Oc3ccc(N4c5ccccc5Sc5ccc(C(F)(F)F)cc54)cc3)CC2)c1. The largest absolute Gasteiger partial charge is 0.490 e. The molecular formula is C31H28F3N3OS. The van der Waals surface area contributed by atoms with Crippen LogP contribution in [-0.2, 0) is 12.7 Å². The standard InChI is InChI=1S/C31H28F3N3OS/c32-31(33,34)22-8-13-30-28(19-22)37(27-6-1-2-7-29(27)39-30)24-9-11-25(12-10-24)38-26-14-16-36(17-15-26)20-21-4-3-5-23(35)18-21/h1-13,18-19,26H,14-17,20,35H2. The maximum Gasteiger partial charge on any atom is 0.416 e. The number of ether oxygens (including phenoxy) is 1. The van der Waals surface area contributed by atoms with E-state index in [9.17, 15) is 13.2 Å². The molecule has 0 atom stereocenters. The third-order valence-corrected chi connectivity index (χ3v) is 8.27. The Morgan fingerprint density at radius 1 is 0.821 bits per heavy atom. The Bertz CT molecular complexity index is 1470. The zero-order valence-corrected chi connectivity index (χ0v) is 22.0. The van der Waals surface area contributed by atoms with Gasteiger partial charge in [0, 0.05) is 40.8 Å². The van der Waals surface area contributed by atoms with E-state index >= 15 is 0 Å². The van der Waals surface area contributed by atoms with Gasteiger partial charge in [-0.05, 0) is 85.1 Å². The smallest absolute Gasteiger partial charge is 0.416 e. The first kappa shape index (κ1) is 25.6. The Morgan fingerprint density at radius 3 is 2.31 bits per heavy atom. The highest BCUT2D eigenvalue weighted by Gasteiger charge is 2.33. The number of nitrogens with two attached hydrogens (primary N) is 1. The second kappa shape index (κ2) is 10.5. The summed E-state index contributed by atoms with van der Waals surface area (Å²) in [7, 11) is 0. The minimum Gasteiger partial charge on any atom is -0.490 e. The second-order valence-electron chi connectivity index (χ2n) is 9.92. The molecule has 8 heteroatoms. The third-order valence-electron chi connectivity index (χ3n) is 7.14. The van der Waals surface area contributed by atoms with Crippen molar-refractivity contribution in [3.05, 3.63) is 102 Å². The molecule has 39 heavy (non-hydrogen) atoms. The molecule has 4 aromatic rings. The van der Waals surface area contributed by atoms with Gasteiger partial charge < -0.3 is 15.4 Å². The number of alkyl halides is 3. The normalized spacial score (nSPS) is 16.0. The van der Waals surface area contributed by atoms with Crippen LogP contribution in [0.4, 0.5) is 35.9 Å². The molecule has 0 saturated carbocycles. The predicted molar refractivity (Wildman–Crippen MR) is 150 cm³/mol. The molecular weight excluding hydrogens is 519 g/mol. The molecule has 0 aromatic heterocycles. The number of fused-ring (bicyclic) bond motifs is 2. The summed E-state index contributed by atoms with van der Waals surface area (Å²) < 4.78 is 47.0. The maximum absolute atomic E-state index is 13.6. The van der Waals surface area contributed by atoms with Crippen molar-refractivity contribution in [2.45, 2.75) is 41.5 Å². The number of anilines is 4. The monoisotopic (exact) mass is 547 g/mol. The van der Waals surface area contributed by atoms with E-state index in [2.05, 4.69) is 11.0 Å². The molecule has 1 saturated heterocycles. The Hall–Kier alpha value is -3.62. The van der Waals surface area contributed by atoms with Gasteiger partial charge in [0.2, 0.25) is 0 Å². The molecule has 2 aliphatic rings. The van der Waals surface area contributed by atoms with Crippen LogP contribution in [0.25, 0.3) is 0 Å². The van der Waals surface area contributed by atoms with Crippen molar-refractivity contribution in [2.24, 2.45) is 0 Å². The third kappa shape index (κ3) is 5.58. The number of hydrogen-bond donors (Lipinski definition) is 1. The van der Waals surface area contributed by atoms with Crippen LogP contribution in [-0.4, -0.2) is 24.1 Å². The van der Waals surface area contributed by atoms with E-state index in [0.29, 0.717) is 5.69 Å². The predicted octanol–water partition coefficient (Wildman–Crippen LogP) is 8.27. The van der Waals surface area contributed by atoms with E-state index in [1.165, 1.54) is 23.4 Å². The fourth-order valence-corrected chi connectivity index (χ4v) is 6.25. The van der Waals surface area contributed by atoms with Crippen molar-refractivity contribution in [3.8, 4) is 5.75 Å². The number of benzene rings is 4. The van der Waals surface area contributed by atoms with Gasteiger partial charge in [-0.3, -0.25) is 4.90 Å². The molecule has 0 radical (unpaired) electrons. The van der Waals surface area contributed by atoms with E-state index in [1.807, 2.05) is 71.6 Å². The molecule has 6 rings (SSSR count). The Morgan fingerprint density at radius 2 is 1.56 bits per heavy atom. The maximum atomic E-state index is 13.6. The van der Waals surface area contributed by atoms with Crippen LogP contribution in [0.15, 0.2) is 101 Å². The van der Waals surface area contributed by atoms with Crippen LogP contribution in [0.2, 0.25) is 0 Å². The molecule has 2 aliphatic heterocycles. The van der Waals surface area contributed by atoms with Crippen LogP contribution < -0.4 is 15.4 Å². The molecule has 0 spiro atoms. The van der Waals surface area contributed by atoms with Gasteiger partial charge in [0.1, 0.15) is 11.9 Å². The molecule has 2 heterocycles. The van der Waals surface area contributed by atoms with Crippen molar-refractivity contribution in [1.82, 2.24) is 4.90 Å². The molecule has 0 unspecified atom stereocenters. The fraction of sp³-hybridized carbons (Fsp3) is 0.226. The Kier molecular flexibility index (Phi) is 6.91. The van der Waals surface area contributed by atoms with E-state index in [4.69, 9.17) is 10.5 Å². The number of rotatable bonds is 5. The first-order valence-corrected chi connectivity index (χ1v) is 13.8. The zero-order valence-electron chi connectivity index (χ0n) is 21.2. The summed E-state index contributed by atoms with van der Waals surface area (Å²) in [5.41, 5.74) is 9.42. The van der Waals surface area contributed by atoms with Gasteiger partial charge in [-0.25, -0.2) is 0 Å². The van der Waals surface area contributed by atoms with E-state index in [-0.39, 0.29) is 6.10 Å². The number of likely N-dealkylation sites (tertiary alicyclic amines) is 1. The average molecular weight is 548 g/mol. The minimum atomic E-state index is -4.41. The van der Waals surface area contributed by atoms with Crippen molar-refractivity contribution < 1.29 is 17.9 Å². The van der Waals surface area contributed by atoms with Crippen LogP contribution in [0.5, 0.6) is 5.75 Å². The molecule has 200 valence electrons. The minimum absolute atomic E-state index is 0.120. The van der Waals surface area contributed by atoms with Crippen LogP contribution in [0.1, 0.15) is 24.0 Å². The lowest BCUT2D eigenvalue weighted by molar-refractivity contribution is -0.137. The van der Waals surface area contributed by atoms with Gasteiger partial charge in [-0.15, -0.1) is 0 Å². The summed E-state index contributed by atoms with van der Waals surface area (Å²) in [6.07, 6.45) is -2.44. The number of para-hydroxylation sites is 1. The summed E-state index contributed by atoms with van der Waals surface area (Å²) in [5.74, 6) is 0.761. The summed E-state index contributed by atoms with van der Waals surface area (Å²) >= 11 is 1.48. The lowest BCUT2D eigenvalue weighted by Crippen LogP contribution is -2.37. The molecule has 4 nitrogen and oxygen atoms in total. The van der Waals surface area contributed by atoms with E-state index in [1.54, 1.807) is 6.07 Å². The summed E-state index contributed by atoms with van der Waals surface area (Å²) in [6, 6.07) is 27.4. The second-order valence-corrected chi connectivity index (χ2v) is 11.0. The summed E-state index contributed by atoms with van der Waals surface area (Å²) in [6.45, 7) is 2.76. The first-order chi connectivity index (χ1) is 18.8. The Labute approximate surface area is 230 Å². The van der Waals surface area contributed by atoms with Gasteiger partial charge in [0.05, 0.1) is 16.9 Å². The topological polar surface area (TPSA) is 41.7 Å². The van der Waals surface area contributed by atoms with Crippen LogP contribution in [0.3, 0.4) is 0 Å². The molecule has 4 aromatic carbocycles. The van der Waals surface area contributed by atoms with Gasteiger partial charge in [-0.2, -0.15) is 13.2 Å². The van der Waals surface area contributed by atoms with Crippen molar-refractivity contribution in [3.63, 3.8) is 0 Å². The van der Waals surface area contributed by atoms with Gasteiger partial charge in [-0.1, -0.05) is 36.0 Å². The first-order valence-electron chi connectivity index (χ1n) is 13.0. The fourth-order valence-electron chi connectivity index (χ4n) is 5.21. The van der Waals surface area contributed by atoms with Crippen LogP contribution in [0, 0.1) is 0 Å². The van der Waals surface area contributed by atoms with E-state index in [0.717, 1.165) is 71.1 Å². The number of nitrogens with zero attached hydrogens (tertiary/aromatic N) is 2. The summed E-state index contributed by atoms with van der Waals surface area (Å²) in [4.78, 5) is 6.09. The summed E-state index contributed by atoms with van der Waals surface area (Å²) in [5, 5.41) is 0. The van der Waals surface area contributed by atoms with Crippen molar-refractivity contribution in [1.29, 1.82) is 0 Å². The lowest BCUT2D eigenvalue weighted by Gasteiger charge is -2.34. The quantitative estimate of drug-likeness (QED) is 0.224. The number of piperidine rings is 1. The van der Waals surface area contributed by atoms with Gasteiger partial charge in [0.15, 0.2) is 0 Å². The van der Waals surface area contributed by atoms with Gasteiger partial charge >= 0.3 is 6.18 Å². The van der Waals surface area contributed by atoms with Crippen molar-refractivity contribution in [2.75, 3.05) is 23.7 Å². The van der Waals surface area contributed by atoms with Gasteiger partial charge in [0.25, 0.3) is 0 Å². The molecule has 2 N–H and O–H groups in total. The van der Waals surface area contributed by atoms with Crippen LogP contribution >= 0.6 is 11.8 Å². The molecule has 0 amide bonds. The average Bonchev–Trinajstić information content (AvgIpc) is 2.92. The molecule has 1 fully saturated rings. The highest BCUT2D eigenvalue weighted by molar-refractivity contribution is 7.99. The Balaban J connectivity index is 1.17. The highest BCUT2D eigenvalue weighted by atomic mass is 32.2. The van der Waals surface area contributed by atoms with E-state index < -0.39 is 11.7 Å². The number of halogens is 3. The number of hydrogen-bond acceptors (Lipinski definition) is 5. The molecule has 0 aliphatic carbocycles. The molecule has 0 bridgehead atoms. The highest BCUT2D eigenvalue weighted by Crippen LogP contribution is 2.52.